The summed E-state index contributed by atoms with van der Waals surface area (Å²) >= 11 is 12.4. The molecule has 1 aliphatic carbocycles. The molecule has 1 aliphatic rings. The summed E-state index contributed by atoms with van der Waals surface area (Å²) in [6.07, 6.45) is 6.34. The Balaban J connectivity index is 2.15. The van der Waals surface area contributed by atoms with E-state index in [1.807, 2.05) is 13.1 Å². The van der Waals surface area contributed by atoms with Crippen LogP contribution in [0.5, 0.6) is 5.75 Å². The predicted octanol–water partition coefficient (Wildman–Crippen LogP) is 5.06. The van der Waals surface area contributed by atoms with E-state index < -0.39 is 0 Å². The van der Waals surface area contributed by atoms with Gasteiger partial charge in [-0.3, -0.25) is 0 Å². The van der Waals surface area contributed by atoms with E-state index in [2.05, 4.69) is 12.2 Å². The molecule has 1 fully saturated rings. The average Bonchev–Trinajstić information content (AvgIpc) is 2.43. The van der Waals surface area contributed by atoms with E-state index in [1.165, 1.54) is 19.3 Å². The molecule has 0 spiro atoms. The lowest BCUT2D eigenvalue weighted by atomic mass is 9.85. The quantitative estimate of drug-likeness (QED) is 0.820. The molecule has 112 valence electrons. The number of hydrogen-bond donors (Lipinski definition) is 1. The summed E-state index contributed by atoms with van der Waals surface area (Å²) in [7, 11) is 1.91. The van der Waals surface area contributed by atoms with Gasteiger partial charge in [-0.2, -0.15) is 0 Å². The summed E-state index contributed by atoms with van der Waals surface area (Å²) in [5, 5.41) is 4.41. The van der Waals surface area contributed by atoms with Gasteiger partial charge in [0.15, 0.2) is 0 Å². The zero-order chi connectivity index (χ0) is 14.5. The number of benzene rings is 1. The van der Waals surface area contributed by atoms with E-state index in [4.69, 9.17) is 27.9 Å². The van der Waals surface area contributed by atoms with Gasteiger partial charge in [-0.1, -0.05) is 43.0 Å². The highest BCUT2D eigenvalue weighted by Crippen LogP contribution is 2.36. The van der Waals surface area contributed by atoms with Crippen LogP contribution < -0.4 is 10.1 Å². The minimum absolute atomic E-state index is 0.281. The van der Waals surface area contributed by atoms with Gasteiger partial charge in [0.2, 0.25) is 0 Å². The molecular weight excluding hydrogens is 293 g/mol. The Morgan fingerprint density at radius 3 is 2.80 bits per heavy atom. The van der Waals surface area contributed by atoms with Crippen LogP contribution in [-0.2, 0) is 6.54 Å². The minimum Gasteiger partial charge on any atom is -0.489 e. The third-order valence-electron chi connectivity index (χ3n) is 4.05. The SMILES string of the molecule is CCC1CCCC(Oc2c(Cl)cc(Cl)cc2CNC)C1. The molecule has 0 aliphatic heterocycles. The minimum atomic E-state index is 0.281. The molecule has 4 heteroatoms. The van der Waals surface area contributed by atoms with Gasteiger partial charge in [-0.15, -0.1) is 0 Å². The van der Waals surface area contributed by atoms with Crippen LogP contribution in [0.2, 0.25) is 10.0 Å². The average molecular weight is 316 g/mol. The van der Waals surface area contributed by atoms with Gasteiger partial charge < -0.3 is 10.1 Å². The van der Waals surface area contributed by atoms with Gasteiger partial charge in [-0.25, -0.2) is 0 Å². The molecular formula is C16H23Cl2NO. The van der Waals surface area contributed by atoms with Crippen LogP contribution in [-0.4, -0.2) is 13.2 Å². The maximum Gasteiger partial charge on any atom is 0.142 e. The van der Waals surface area contributed by atoms with Gasteiger partial charge in [0.1, 0.15) is 5.75 Å². The Labute approximate surface area is 131 Å². The molecule has 20 heavy (non-hydrogen) atoms. The van der Waals surface area contributed by atoms with Gasteiger partial charge in [-0.05, 0) is 44.4 Å². The molecule has 0 heterocycles. The summed E-state index contributed by atoms with van der Waals surface area (Å²) < 4.78 is 6.23. The van der Waals surface area contributed by atoms with Gasteiger partial charge in [0.25, 0.3) is 0 Å². The lowest BCUT2D eigenvalue weighted by Gasteiger charge is -2.30. The van der Waals surface area contributed by atoms with Crippen LogP contribution in [0.15, 0.2) is 12.1 Å². The standard InChI is InChI=1S/C16H23Cl2NO/c1-3-11-5-4-6-14(7-11)20-16-12(10-19-2)8-13(17)9-15(16)18/h8-9,11,14,19H,3-7,10H2,1-2H3. The lowest BCUT2D eigenvalue weighted by molar-refractivity contribution is 0.121. The molecule has 1 aromatic carbocycles. The molecule has 0 radical (unpaired) electrons. The van der Waals surface area contributed by atoms with Crippen LogP contribution in [0, 0.1) is 5.92 Å². The maximum absolute atomic E-state index is 6.32. The first-order chi connectivity index (χ1) is 9.63. The highest BCUT2D eigenvalue weighted by atomic mass is 35.5. The fourth-order valence-electron chi connectivity index (χ4n) is 2.95. The topological polar surface area (TPSA) is 21.3 Å². The molecule has 0 saturated heterocycles. The zero-order valence-electron chi connectivity index (χ0n) is 12.2. The summed E-state index contributed by atoms with van der Waals surface area (Å²) in [6.45, 7) is 2.97. The van der Waals surface area contributed by atoms with Crippen molar-refractivity contribution in [1.82, 2.24) is 5.32 Å². The van der Waals surface area contributed by atoms with Crippen molar-refractivity contribution in [1.29, 1.82) is 0 Å². The van der Waals surface area contributed by atoms with Gasteiger partial charge >= 0.3 is 0 Å². The van der Waals surface area contributed by atoms with Crippen LogP contribution >= 0.6 is 23.2 Å². The summed E-state index contributed by atoms with van der Waals surface area (Å²) in [4.78, 5) is 0. The first kappa shape index (κ1) is 15.9. The van der Waals surface area contributed by atoms with E-state index in [-0.39, 0.29) is 6.10 Å². The molecule has 1 saturated carbocycles. The van der Waals surface area contributed by atoms with Crippen molar-refractivity contribution in [2.75, 3.05) is 7.05 Å². The van der Waals surface area contributed by atoms with Crippen LogP contribution in [0.4, 0.5) is 0 Å². The van der Waals surface area contributed by atoms with E-state index in [1.54, 1.807) is 6.07 Å². The number of hydrogen-bond acceptors (Lipinski definition) is 2. The van der Waals surface area contributed by atoms with Crippen molar-refractivity contribution < 1.29 is 4.74 Å². The summed E-state index contributed by atoms with van der Waals surface area (Å²) in [6, 6.07) is 3.69. The Kier molecular flexibility index (Phi) is 6.01. The molecule has 1 aromatic rings. The number of halogens is 2. The van der Waals surface area contributed by atoms with Gasteiger partial charge in [0.05, 0.1) is 11.1 Å². The first-order valence-corrected chi connectivity index (χ1v) is 8.18. The van der Waals surface area contributed by atoms with E-state index >= 15 is 0 Å². The zero-order valence-corrected chi connectivity index (χ0v) is 13.7. The molecule has 2 atom stereocenters. The molecule has 1 N–H and O–H groups in total. The predicted molar refractivity (Wildman–Crippen MR) is 85.9 cm³/mol. The molecule has 0 amide bonds. The smallest absolute Gasteiger partial charge is 0.142 e. The van der Waals surface area contributed by atoms with Crippen molar-refractivity contribution >= 4 is 23.2 Å². The largest absolute Gasteiger partial charge is 0.489 e. The molecule has 2 nitrogen and oxygen atoms in total. The molecule has 2 unspecified atom stereocenters. The highest BCUT2D eigenvalue weighted by Gasteiger charge is 2.24. The maximum atomic E-state index is 6.32. The number of rotatable bonds is 5. The lowest BCUT2D eigenvalue weighted by Crippen LogP contribution is -2.26. The first-order valence-electron chi connectivity index (χ1n) is 7.43. The second kappa shape index (κ2) is 7.53. The monoisotopic (exact) mass is 315 g/mol. The fourth-order valence-corrected chi connectivity index (χ4v) is 3.53. The van der Waals surface area contributed by atoms with Crippen molar-refractivity contribution in [2.45, 2.75) is 51.7 Å². The second-order valence-electron chi connectivity index (χ2n) is 5.59. The molecule has 0 aromatic heterocycles. The van der Waals surface area contributed by atoms with Crippen LogP contribution in [0.1, 0.15) is 44.6 Å². The van der Waals surface area contributed by atoms with Crippen molar-refractivity contribution in [3.8, 4) is 5.75 Å². The van der Waals surface area contributed by atoms with Crippen molar-refractivity contribution in [3.63, 3.8) is 0 Å². The highest BCUT2D eigenvalue weighted by molar-refractivity contribution is 6.35. The fraction of sp³-hybridized carbons (Fsp3) is 0.625. The van der Waals surface area contributed by atoms with E-state index in [0.717, 1.165) is 30.1 Å². The third-order valence-corrected chi connectivity index (χ3v) is 4.55. The Bertz CT molecular complexity index is 450. The van der Waals surface area contributed by atoms with Crippen molar-refractivity contribution in [3.05, 3.63) is 27.7 Å². The van der Waals surface area contributed by atoms with Gasteiger partial charge in [0, 0.05) is 17.1 Å². The van der Waals surface area contributed by atoms with E-state index in [9.17, 15) is 0 Å². The Morgan fingerprint density at radius 1 is 1.30 bits per heavy atom. The number of nitrogens with one attached hydrogen (secondary N) is 1. The van der Waals surface area contributed by atoms with Crippen LogP contribution in [0.25, 0.3) is 0 Å². The Hall–Kier alpha value is -0.440. The summed E-state index contributed by atoms with van der Waals surface area (Å²) in [5.74, 6) is 1.58. The van der Waals surface area contributed by atoms with Crippen LogP contribution in [0.3, 0.4) is 0 Å². The third kappa shape index (κ3) is 4.03. The van der Waals surface area contributed by atoms with Crippen molar-refractivity contribution in [2.24, 2.45) is 5.92 Å². The second-order valence-corrected chi connectivity index (χ2v) is 6.43. The molecule has 2 rings (SSSR count). The number of ether oxygens (including phenoxy) is 1. The molecule has 0 bridgehead atoms. The normalized spacial score (nSPS) is 22.8. The Morgan fingerprint density at radius 2 is 2.10 bits per heavy atom. The summed E-state index contributed by atoms with van der Waals surface area (Å²) in [5.41, 5.74) is 1.03. The van der Waals surface area contributed by atoms with E-state index in [0.29, 0.717) is 16.6 Å².